The summed E-state index contributed by atoms with van der Waals surface area (Å²) in [5.74, 6) is -2.68. The van der Waals surface area contributed by atoms with Gasteiger partial charge in [-0.15, -0.1) is 0 Å². The van der Waals surface area contributed by atoms with Crippen LogP contribution < -0.4 is 10.9 Å². The van der Waals surface area contributed by atoms with Crippen LogP contribution in [0.4, 0.5) is 13.2 Å². The Labute approximate surface area is 163 Å². The van der Waals surface area contributed by atoms with Gasteiger partial charge in [0.15, 0.2) is 0 Å². The van der Waals surface area contributed by atoms with Gasteiger partial charge in [0.1, 0.15) is 34.3 Å². The van der Waals surface area contributed by atoms with Crippen molar-refractivity contribution < 1.29 is 32.6 Å². The number of carbonyl (C=O) groups is 2. The lowest BCUT2D eigenvalue weighted by atomic mass is 10.1. The Bertz CT molecular complexity index is 1040. The van der Waals surface area contributed by atoms with E-state index >= 15 is 0 Å². The molecule has 2 aromatic rings. The molecule has 1 atom stereocenters. The first-order valence-corrected chi connectivity index (χ1v) is 8.47. The summed E-state index contributed by atoms with van der Waals surface area (Å²) in [6.07, 6.45) is -4.75. The summed E-state index contributed by atoms with van der Waals surface area (Å²) in [7, 11) is 1.12. The molecule has 2 aromatic heterocycles. The van der Waals surface area contributed by atoms with Crippen LogP contribution in [0.3, 0.4) is 0 Å². The van der Waals surface area contributed by atoms with Crippen molar-refractivity contribution in [2.75, 3.05) is 0 Å². The zero-order valence-electron chi connectivity index (χ0n) is 16.3. The van der Waals surface area contributed by atoms with E-state index in [0.29, 0.717) is 6.07 Å². The predicted octanol–water partition coefficient (Wildman–Crippen LogP) is 2.12. The highest BCUT2D eigenvalue weighted by molar-refractivity contribution is 6.03. The van der Waals surface area contributed by atoms with E-state index in [1.54, 1.807) is 20.8 Å². The number of halogens is 3. The van der Waals surface area contributed by atoms with Gasteiger partial charge >= 0.3 is 12.1 Å². The van der Waals surface area contributed by atoms with Crippen LogP contribution >= 0.6 is 0 Å². The summed E-state index contributed by atoms with van der Waals surface area (Å²) < 4.78 is 44.5. The van der Waals surface area contributed by atoms with E-state index in [4.69, 9.17) is 4.74 Å². The lowest BCUT2D eigenvalue weighted by molar-refractivity contribution is -0.156. The number of hydrogen-bond acceptors (Lipinski definition) is 6. The topological polar surface area (TPSA) is 111 Å². The van der Waals surface area contributed by atoms with Crippen molar-refractivity contribution in [2.45, 2.75) is 45.5 Å². The van der Waals surface area contributed by atoms with Crippen LogP contribution in [0.2, 0.25) is 0 Å². The second kappa shape index (κ2) is 7.37. The first-order valence-electron chi connectivity index (χ1n) is 8.47. The maximum atomic E-state index is 12.9. The third-order valence-electron chi connectivity index (χ3n) is 3.83. The van der Waals surface area contributed by atoms with E-state index in [2.05, 4.69) is 10.3 Å². The first-order chi connectivity index (χ1) is 13.1. The van der Waals surface area contributed by atoms with Crippen LogP contribution in [-0.2, 0) is 22.8 Å². The van der Waals surface area contributed by atoms with Crippen LogP contribution in [0.5, 0.6) is 5.75 Å². The van der Waals surface area contributed by atoms with Crippen LogP contribution in [0.25, 0.3) is 11.0 Å². The summed E-state index contributed by atoms with van der Waals surface area (Å²) in [6, 6.07) is 0.387. The number of carbonyl (C=O) groups excluding carboxylic acids is 2. The molecule has 0 spiro atoms. The highest BCUT2D eigenvalue weighted by Crippen LogP contribution is 2.31. The standard InChI is InChI=1S/C18H20F3N3O5/c1-8(16(28)29-17(2,3)4)22-14(26)11-12(25)9-6-7-10(18(19,20)21)23-13(9)24(5)15(11)27/h6-8,25H,1-5H3,(H,22,26). The SMILES string of the molecule is CC(NC(=O)c1c(O)c2ccc(C(F)(F)F)nc2n(C)c1=O)C(=O)OC(C)(C)C. The van der Waals surface area contributed by atoms with Crippen molar-refractivity contribution in [2.24, 2.45) is 7.05 Å². The molecule has 2 heterocycles. The molecule has 1 amide bonds. The number of fused-ring (bicyclic) bond motifs is 1. The van der Waals surface area contributed by atoms with Gasteiger partial charge in [0, 0.05) is 7.05 Å². The van der Waals surface area contributed by atoms with Gasteiger partial charge in [-0.1, -0.05) is 0 Å². The number of hydrogen-bond donors (Lipinski definition) is 2. The average Bonchev–Trinajstić information content (AvgIpc) is 2.57. The van der Waals surface area contributed by atoms with Crippen LogP contribution in [-0.4, -0.2) is 38.2 Å². The summed E-state index contributed by atoms with van der Waals surface area (Å²) in [5, 5.41) is 12.4. The lowest BCUT2D eigenvalue weighted by Crippen LogP contribution is -2.44. The summed E-state index contributed by atoms with van der Waals surface area (Å²) in [6.45, 7) is 6.22. The zero-order chi connectivity index (χ0) is 22.3. The molecule has 0 saturated carbocycles. The highest BCUT2D eigenvalue weighted by Gasteiger charge is 2.34. The van der Waals surface area contributed by atoms with Crippen molar-refractivity contribution in [1.29, 1.82) is 0 Å². The van der Waals surface area contributed by atoms with E-state index in [9.17, 15) is 32.7 Å². The average molecular weight is 415 g/mol. The number of esters is 1. The summed E-state index contributed by atoms with van der Waals surface area (Å²) in [5.41, 5.74) is -4.30. The fraction of sp³-hybridized carbons (Fsp3) is 0.444. The van der Waals surface area contributed by atoms with Gasteiger partial charge < -0.3 is 15.2 Å². The highest BCUT2D eigenvalue weighted by atomic mass is 19.4. The normalized spacial score (nSPS) is 13.2. The van der Waals surface area contributed by atoms with Crippen LogP contribution in [0.15, 0.2) is 16.9 Å². The fourth-order valence-electron chi connectivity index (χ4n) is 2.47. The van der Waals surface area contributed by atoms with E-state index in [1.807, 2.05) is 0 Å². The van der Waals surface area contributed by atoms with Gasteiger partial charge in [0.25, 0.3) is 11.5 Å². The van der Waals surface area contributed by atoms with E-state index < -0.39 is 57.9 Å². The molecule has 0 fully saturated rings. The molecule has 0 aliphatic carbocycles. The van der Waals surface area contributed by atoms with Gasteiger partial charge in [-0.25, -0.2) is 9.78 Å². The van der Waals surface area contributed by atoms with Gasteiger partial charge in [0.05, 0.1) is 5.39 Å². The van der Waals surface area contributed by atoms with E-state index in [-0.39, 0.29) is 5.39 Å². The molecule has 2 N–H and O–H groups in total. The Balaban J connectivity index is 2.47. The number of alkyl halides is 3. The van der Waals surface area contributed by atoms with Crippen molar-refractivity contribution in [3.8, 4) is 5.75 Å². The molecule has 29 heavy (non-hydrogen) atoms. The summed E-state index contributed by atoms with van der Waals surface area (Å²) in [4.78, 5) is 40.4. The first kappa shape index (κ1) is 22.2. The minimum Gasteiger partial charge on any atom is -0.506 e. The Hall–Kier alpha value is -3.11. The summed E-state index contributed by atoms with van der Waals surface area (Å²) >= 11 is 0. The molecule has 0 aliphatic rings. The van der Waals surface area contributed by atoms with Crippen LogP contribution in [0.1, 0.15) is 43.7 Å². The predicted molar refractivity (Wildman–Crippen MR) is 96.4 cm³/mol. The number of nitrogens with one attached hydrogen (secondary N) is 1. The Kier molecular flexibility index (Phi) is 5.64. The molecule has 158 valence electrons. The largest absolute Gasteiger partial charge is 0.506 e. The third-order valence-corrected chi connectivity index (χ3v) is 3.83. The number of aromatic nitrogens is 2. The molecular weight excluding hydrogens is 395 g/mol. The second-order valence-corrected chi connectivity index (χ2v) is 7.38. The number of aryl methyl sites for hydroxylation is 1. The van der Waals surface area contributed by atoms with Crippen LogP contribution in [0, 0.1) is 0 Å². The minimum atomic E-state index is -4.75. The van der Waals surface area contributed by atoms with E-state index in [1.165, 1.54) is 6.92 Å². The number of ether oxygens (including phenoxy) is 1. The Morgan fingerprint density at radius 2 is 1.83 bits per heavy atom. The maximum absolute atomic E-state index is 12.9. The number of aromatic hydroxyl groups is 1. The van der Waals surface area contributed by atoms with Crippen molar-refractivity contribution in [1.82, 2.24) is 14.9 Å². The Morgan fingerprint density at radius 1 is 1.24 bits per heavy atom. The van der Waals surface area contributed by atoms with E-state index in [0.717, 1.165) is 17.7 Å². The molecule has 0 saturated heterocycles. The fourth-order valence-corrected chi connectivity index (χ4v) is 2.47. The molecule has 0 aliphatic heterocycles. The van der Waals surface area contributed by atoms with Crippen molar-refractivity contribution in [3.63, 3.8) is 0 Å². The molecule has 2 rings (SSSR count). The quantitative estimate of drug-likeness (QED) is 0.743. The van der Waals surface area contributed by atoms with Crippen molar-refractivity contribution in [3.05, 3.63) is 33.7 Å². The number of pyridine rings is 2. The van der Waals surface area contributed by atoms with Gasteiger partial charge in [-0.05, 0) is 39.8 Å². The smallest absolute Gasteiger partial charge is 0.433 e. The zero-order valence-corrected chi connectivity index (χ0v) is 16.3. The van der Waals surface area contributed by atoms with Gasteiger partial charge in [-0.2, -0.15) is 13.2 Å². The van der Waals surface area contributed by atoms with Gasteiger partial charge in [0.2, 0.25) is 0 Å². The number of rotatable bonds is 3. The minimum absolute atomic E-state index is 0.227. The Morgan fingerprint density at radius 3 is 2.34 bits per heavy atom. The molecule has 8 nitrogen and oxygen atoms in total. The molecule has 1 unspecified atom stereocenters. The molecular formula is C18H20F3N3O5. The number of amides is 1. The van der Waals surface area contributed by atoms with Gasteiger partial charge in [-0.3, -0.25) is 14.2 Å². The van der Waals surface area contributed by atoms with Crippen molar-refractivity contribution >= 4 is 22.9 Å². The monoisotopic (exact) mass is 415 g/mol. The second-order valence-electron chi connectivity index (χ2n) is 7.38. The third kappa shape index (κ3) is 4.66. The lowest BCUT2D eigenvalue weighted by Gasteiger charge is -2.22. The molecule has 11 heteroatoms. The molecule has 0 bridgehead atoms. The number of nitrogens with zero attached hydrogens (tertiary/aromatic N) is 2. The maximum Gasteiger partial charge on any atom is 0.433 e. The molecule has 0 aromatic carbocycles. The molecule has 0 radical (unpaired) electrons.